The molecule has 2 amide bonds. The summed E-state index contributed by atoms with van der Waals surface area (Å²) in [5.41, 5.74) is -1.65. The van der Waals surface area contributed by atoms with Crippen LogP contribution in [0.2, 0.25) is 0 Å². The first-order valence-corrected chi connectivity index (χ1v) is 15.0. The first-order chi connectivity index (χ1) is 22.6. The second-order valence-corrected chi connectivity index (χ2v) is 10.9. The van der Waals surface area contributed by atoms with Crippen LogP contribution in [0.3, 0.4) is 0 Å². The number of aromatic hydroxyl groups is 1. The number of hydrogen-bond acceptors (Lipinski definition) is 9. The van der Waals surface area contributed by atoms with Crippen molar-refractivity contribution in [3.8, 4) is 23.0 Å². The number of carbonyl (C=O) groups excluding carboxylic acids is 3. The Kier molecular flexibility index (Phi) is 11.2. The summed E-state index contributed by atoms with van der Waals surface area (Å²) in [6, 6.07) is 16.5. The Hall–Kier alpha value is -5.36. The minimum atomic E-state index is -2.35. The fourth-order valence-electron chi connectivity index (χ4n) is 5.69. The van der Waals surface area contributed by atoms with Crippen molar-refractivity contribution in [1.29, 1.82) is 0 Å². The number of nitrogens with one attached hydrogen (secondary N) is 2. The fraction of sp³-hybridized carbons (Fsp3) is 0.314. The van der Waals surface area contributed by atoms with Gasteiger partial charge < -0.3 is 40.2 Å². The fourth-order valence-corrected chi connectivity index (χ4v) is 5.69. The van der Waals surface area contributed by atoms with Crippen LogP contribution in [-0.4, -0.2) is 72.8 Å². The average Bonchev–Trinajstić information content (AvgIpc) is 3.19. The lowest BCUT2D eigenvalue weighted by atomic mass is 9.68. The molecule has 1 unspecified atom stereocenters. The molecule has 5 N–H and O–H groups in total. The van der Waals surface area contributed by atoms with Crippen molar-refractivity contribution in [2.24, 2.45) is 5.92 Å². The minimum Gasteiger partial charge on any atom is -0.508 e. The standard InChI is InChI=1S/C35H38N2O10/c1-21(15-18-38)32(41)36-16-7-8-17-37-33(42)29-30(22-9-5-4-6-10-22)35(34(43)44,23-11-13-24(39)14-12-23)47-27-20-25(45-2)19-26(46-3)28(27)31(29)40/h4-6,9-15,19-20,29-30,38-39H,7-8,16-18H2,1-3H3,(H,36,41)(H,37,42)(H,43,44)/b21-15+/t29-,30-,35?/m1/s1. The number of rotatable bonds is 13. The molecule has 3 atom stereocenters. The molecule has 0 bridgehead atoms. The van der Waals surface area contributed by atoms with Gasteiger partial charge in [-0.25, -0.2) is 4.79 Å². The van der Waals surface area contributed by atoms with E-state index in [1.165, 1.54) is 56.7 Å². The van der Waals surface area contributed by atoms with Crippen LogP contribution in [0.25, 0.3) is 0 Å². The van der Waals surface area contributed by atoms with Gasteiger partial charge >= 0.3 is 5.97 Å². The third-order valence-corrected chi connectivity index (χ3v) is 8.07. The normalized spacial score (nSPS) is 19.1. The molecule has 1 aliphatic heterocycles. The molecular formula is C35H38N2O10. The number of carbonyl (C=O) groups is 4. The number of benzene rings is 3. The van der Waals surface area contributed by atoms with Gasteiger partial charge in [-0.2, -0.15) is 0 Å². The molecular weight excluding hydrogens is 608 g/mol. The number of methoxy groups -OCH3 is 2. The van der Waals surface area contributed by atoms with E-state index >= 15 is 0 Å². The van der Waals surface area contributed by atoms with Crippen LogP contribution in [0.5, 0.6) is 23.0 Å². The van der Waals surface area contributed by atoms with Crippen molar-refractivity contribution < 1.29 is 48.7 Å². The van der Waals surface area contributed by atoms with E-state index < -0.39 is 35.1 Å². The van der Waals surface area contributed by atoms with E-state index in [-0.39, 0.29) is 53.2 Å². The van der Waals surface area contributed by atoms with E-state index in [1.54, 1.807) is 37.3 Å². The summed E-state index contributed by atoms with van der Waals surface area (Å²) in [5.74, 6) is -6.27. The number of ether oxygens (including phenoxy) is 3. The molecule has 0 aliphatic carbocycles. The maximum absolute atomic E-state index is 14.6. The number of carboxylic acid groups (broad SMARTS) is 1. The van der Waals surface area contributed by atoms with Gasteiger partial charge in [-0.05, 0) is 37.5 Å². The number of ketones is 1. The number of unbranched alkanes of at least 4 members (excludes halogenated alkanes) is 1. The Bertz CT molecular complexity index is 1640. The monoisotopic (exact) mass is 646 g/mol. The molecule has 3 aromatic carbocycles. The Morgan fingerprint density at radius 3 is 2.21 bits per heavy atom. The highest BCUT2D eigenvalue weighted by molar-refractivity contribution is 6.15. The molecule has 0 saturated carbocycles. The molecule has 1 heterocycles. The Labute approximate surface area is 272 Å². The van der Waals surface area contributed by atoms with Crippen LogP contribution in [0.1, 0.15) is 47.2 Å². The Morgan fingerprint density at radius 1 is 0.957 bits per heavy atom. The van der Waals surface area contributed by atoms with Gasteiger partial charge in [-0.15, -0.1) is 0 Å². The lowest BCUT2D eigenvalue weighted by Crippen LogP contribution is -2.52. The summed E-state index contributed by atoms with van der Waals surface area (Å²) in [4.78, 5) is 54.5. The minimum absolute atomic E-state index is 0.0298. The van der Waals surface area contributed by atoms with E-state index in [2.05, 4.69) is 10.6 Å². The number of hydrogen-bond donors (Lipinski definition) is 5. The molecule has 248 valence electrons. The molecule has 0 aromatic heterocycles. The second kappa shape index (κ2) is 15.3. The first kappa shape index (κ1) is 34.5. The van der Waals surface area contributed by atoms with E-state index in [0.29, 0.717) is 30.5 Å². The maximum Gasteiger partial charge on any atom is 0.353 e. The molecule has 0 spiro atoms. The molecule has 12 nitrogen and oxygen atoms in total. The quantitative estimate of drug-likeness (QED) is 0.105. The zero-order chi connectivity index (χ0) is 34.1. The van der Waals surface area contributed by atoms with E-state index in [0.717, 1.165) is 0 Å². The number of carboxylic acids is 1. The van der Waals surface area contributed by atoms with Gasteiger partial charge in [0.2, 0.25) is 17.4 Å². The predicted octanol–water partition coefficient (Wildman–Crippen LogP) is 3.32. The second-order valence-electron chi connectivity index (χ2n) is 10.9. The number of Topliss-reactive ketones (excluding diaryl/α,β-unsaturated/α-hetero) is 1. The predicted molar refractivity (Wildman–Crippen MR) is 171 cm³/mol. The van der Waals surface area contributed by atoms with Gasteiger partial charge in [0.1, 0.15) is 34.5 Å². The molecule has 1 aliphatic rings. The van der Waals surface area contributed by atoms with Gasteiger partial charge in [-0.3, -0.25) is 14.4 Å². The smallest absolute Gasteiger partial charge is 0.353 e. The molecule has 4 rings (SSSR count). The van der Waals surface area contributed by atoms with Crippen molar-refractivity contribution in [2.45, 2.75) is 31.3 Å². The zero-order valence-corrected chi connectivity index (χ0v) is 26.3. The van der Waals surface area contributed by atoms with E-state index in [1.807, 2.05) is 0 Å². The van der Waals surface area contributed by atoms with Crippen LogP contribution in [-0.2, 0) is 20.0 Å². The highest BCUT2D eigenvalue weighted by atomic mass is 16.5. The van der Waals surface area contributed by atoms with Gasteiger partial charge in [0.05, 0.1) is 26.7 Å². The SMILES string of the molecule is COc1cc(OC)c2c(c1)OC(C(=O)O)(c1ccc(O)cc1)[C@H](c1ccccc1)[C@@H](C(=O)NCCCCNC(=O)/C(C)=C/CO)C2=O. The third-order valence-electron chi connectivity index (χ3n) is 8.07. The van der Waals surface area contributed by atoms with Crippen LogP contribution in [0, 0.1) is 5.92 Å². The van der Waals surface area contributed by atoms with Crippen LogP contribution >= 0.6 is 0 Å². The number of phenols is 1. The first-order valence-electron chi connectivity index (χ1n) is 15.0. The number of aliphatic hydroxyl groups is 1. The number of aliphatic carboxylic acids is 1. The van der Waals surface area contributed by atoms with Gasteiger partial charge in [0, 0.05) is 36.4 Å². The van der Waals surface area contributed by atoms with Crippen LogP contribution in [0.15, 0.2) is 78.4 Å². The van der Waals surface area contributed by atoms with Crippen LogP contribution < -0.4 is 24.8 Å². The number of fused-ring (bicyclic) bond motifs is 1. The third kappa shape index (κ3) is 7.23. The molecule has 0 radical (unpaired) electrons. The molecule has 0 saturated heterocycles. The van der Waals surface area contributed by atoms with Gasteiger partial charge in [0.25, 0.3) is 0 Å². The molecule has 12 heteroatoms. The summed E-state index contributed by atoms with van der Waals surface area (Å²) >= 11 is 0. The van der Waals surface area contributed by atoms with Crippen molar-refractivity contribution >= 4 is 23.6 Å². The van der Waals surface area contributed by atoms with Crippen molar-refractivity contribution in [3.63, 3.8) is 0 Å². The summed E-state index contributed by atoms with van der Waals surface area (Å²) in [6.07, 6.45) is 2.32. The summed E-state index contributed by atoms with van der Waals surface area (Å²) in [6.45, 7) is 1.77. The van der Waals surface area contributed by atoms with E-state index in [9.17, 15) is 29.4 Å². The number of phenolic OH excluding ortho intramolecular Hbond substituents is 1. The molecule has 0 fully saturated rings. The summed E-state index contributed by atoms with van der Waals surface area (Å²) < 4.78 is 17.4. The van der Waals surface area contributed by atoms with Crippen molar-refractivity contribution in [3.05, 3.63) is 95.1 Å². The van der Waals surface area contributed by atoms with Crippen LogP contribution in [0.4, 0.5) is 0 Å². The number of amides is 2. The van der Waals surface area contributed by atoms with Crippen molar-refractivity contribution in [2.75, 3.05) is 33.9 Å². The largest absolute Gasteiger partial charge is 0.508 e. The lowest BCUT2D eigenvalue weighted by Gasteiger charge is -2.39. The van der Waals surface area contributed by atoms with Gasteiger partial charge in [-0.1, -0.05) is 48.5 Å². The van der Waals surface area contributed by atoms with E-state index in [4.69, 9.17) is 19.3 Å². The molecule has 3 aromatic rings. The highest BCUT2D eigenvalue weighted by Crippen LogP contribution is 2.52. The van der Waals surface area contributed by atoms with Crippen molar-refractivity contribution in [1.82, 2.24) is 10.6 Å². The Morgan fingerprint density at radius 2 is 1.62 bits per heavy atom. The maximum atomic E-state index is 14.6. The number of aliphatic hydroxyl groups excluding tert-OH is 1. The highest BCUT2D eigenvalue weighted by Gasteiger charge is 2.60. The summed E-state index contributed by atoms with van der Waals surface area (Å²) in [7, 11) is 2.73. The lowest BCUT2D eigenvalue weighted by molar-refractivity contribution is -0.160. The molecule has 47 heavy (non-hydrogen) atoms. The Balaban J connectivity index is 1.80. The summed E-state index contributed by atoms with van der Waals surface area (Å²) in [5, 5.41) is 35.6. The topological polar surface area (TPSA) is 181 Å². The average molecular weight is 647 g/mol. The zero-order valence-electron chi connectivity index (χ0n) is 26.3. The van der Waals surface area contributed by atoms with Gasteiger partial charge in [0.15, 0.2) is 5.78 Å².